The molecule has 0 spiro atoms. The van der Waals surface area contributed by atoms with Gasteiger partial charge in [0, 0.05) is 31.6 Å². The van der Waals surface area contributed by atoms with Gasteiger partial charge in [-0.1, -0.05) is 30.3 Å². The van der Waals surface area contributed by atoms with Crippen LogP contribution in [0.1, 0.15) is 38.2 Å². The highest BCUT2D eigenvalue weighted by atomic mass is 16.2. The Kier molecular flexibility index (Phi) is 5.74. The average molecular weight is 343 g/mol. The third kappa shape index (κ3) is 4.82. The third-order valence-corrected chi connectivity index (χ3v) is 5.70. The van der Waals surface area contributed by atoms with E-state index in [0.717, 1.165) is 12.5 Å². The van der Waals surface area contributed by atoms with Crippen molar-refractivity contribution < 1.29 is 9.59 Å². The van der Waals surface area contributed by atoms with Crippen molar-refractivity contribution in [1.29, 1.82) is 0 Å². The van der Waals surface area contributed by atoms with Gasteiger partial charge in [0.2, 0.25) is 11.8 Å². The predicted octanol–water partition coefficient (Wildman–Crippen LogP) is 2.01. The van der Waals surface area contributed by atoms with Gasteiger partial charge in [-0.25, -0.2) is 0 Å². The highest BCUT2D eigenvalue weighted by molar-refractivity contribution is 5.80. The van der Waals surface area contributed by atoms with Crippen LogP contribution in [0.4, 0.5) is 0 Å². The van der Waals surface area contributed by atoms with Crippen molar-refractivity contribution in [2.75, 3.05) is 19.6 Å². The molecule has 1 aliphatic heterocycles. The van der Waals surface area contributed by atoms with Crippen LogP contribution in [0.5, 0.6) is 0 Å². The molecule has 3 rings (SSSR count). The minimum absolute atomic E-state index is 0.0742. The molecule has 136 valence electrons. The molecular weight excluding hydrogens is 314 g/mol. The number of carbonyl (C=O) groups is 2. The molecular formula is C20H29N3O2. The second-order valence-corrected chi connectivity index (χ2v) is 7.53. The van der Waals surface area contributed by atoms with E-state index in [1.807, 2.05) is 23.1 Å². The summed E-state index contributed by atoms with van der Waals surface area (Å²) >= 11 is 0. The quantitative estimate of drug-likeness (QED) is 0.823. The van der Waals surface area contributed by atoms with Gasteiger partial charge in [0.25, 0.3) is 0 Å². The maximum absolute atomic E-state index is 12.8. The molecule has 25 heavy (non-hydrogen) atoms. The minimum atomic E-state index is -0.236. The summed E-state index contributed by atoms with van der Waals surface area (Å²) in [5.41, 5.74) is 6.63. The van der Waals surface area contributed by atoms with Crippen LogP contribution < -0.4 is 5.73 Å². The van der Waals surface area contributed by atoms with Crippen molar-refractivity contribution >= 4 is 11.8 Å². The molecule has 2 fully saturated rings. The van der Waals surface area contributed by atoms with Gasteiger partial charge in [-0.05, 0) is 44.1 Å². The first kappa shape index (κ1) is 17.9. The van der Waals surface area contributed by atoms with E-state index in [9.17, 15) is 9.59 Å². The number of carbonyl (C=O) groups excluding carboxylic acids is 2. The largest absolute Gasteiger partial charge is 0.369 e. The molecule has 1 saturated heterocycles. The first-order valence-electron chi connectivity index (χ1n) is 9.39. The van der Waals surface area contributed by atoms with Crippen molar-refractivity contribution in [1.82, 2.24) is 9.80 Å². The van der Waals surface area contributed by atoms with Gasteiger partial charge >= 0.3 is 0 Å². The first-order chi connectivity index (χ1) is 12.0. The van der Waals surface area contributed by atoms with Gasteiger partial charge in [-0.2, -0.15) is 0 Å². The highest BCUT2D eigenvalue weighted by Gasteiger charge is 2.34. The summed E-state index contributed by atoms with van der Waals surface area (Å²) in [5.74, 6) is 0.582. The van der Waals surface area contributed by atoms with E-state index >= 15 is 0 Å². The molecule has 5 heteroatoms. The zero-order valence-corrected chi connectivity index (χ0v) is 15.1. The van der Waals surface area contributed by atoms with Gasteiger partial charge in [0.15, 0.2) is 0 Å². The zero-order valence-electron chi connectivity index (χ0n) is 15.1. The van der Waals surface area contributed by atoms with E-state index in [0.29, 0.717) is 38.5 Å². The molecule has 1 aliphatic carbocycles. The van der Waals surface area contributed by atoms with E-state index in [1.54, 1.807) is 0 Å². The molecule has 2 amide bonds. The molecule has 1 saturated carbocycles. The summed E-state index contributed by atoms with van der Waals surface area (Å²) in [6.07, 6.45) is 3.92. The average Bonchev–Trinajstić information content (AvgIpc) is 3.46. The number of nitrogens with two attached hydrogens (primary N) is 1. The number of benzene rings is 1. The molecule has 1 aromatic carbocycles. The Morgan fingerprint density at radius 1 is 1.16 bits per heavy atom. The van der Waals surface area contributed by atoms with Crippen LogP contribution in [0, 0.1) is 11.8 Å². The zero-order chi connectivity index (χ0) is 17.8. The van der Waals surface area contributed by atoms with Crippen LogP contribution in [-0.4, -0.2) is 47.3 Å². The Balaban J connectivity index is 1.59. The number of amides is 2. The SMILES string of the molecule is CC(C1CC1)N(CC(=O)N1CCC(C(N)=O)CC1)Cc1ccccc1. The van der Waals surface area contributed by atoms with Gasteiger partial charge in [-0.15, -0.1) is 0 Å². The van der Waals surface area contributed by atoms with E-state index in [4.69, 9.17) is 5.73 Å². The molecule has 0 bridgehead atoms. The highest BCUT2D eigenvalue weighted by Crippen LogP contribution is 2.35. The summed E-state index contributed by atoms with van der Waals surface area (Å²) in [6.45, 7) is 4.79. The van der Waals surface area contributed by atoms with E-state index in [-0.39, 0.29) is 17.7 Å². The van der Waals surface area contributed by atoms with E-state index < -0.39 is 0 Å². The lowest BCUT2D eigenvalue weighted by atomic mass is 9.96. The molecule has 0 radical (unpaired) electrons. The van der Waals surface area contributed by atoms with Gasteiger partial charge in [0.1, 0.15) is 0 Å². The number of rotatable bonds is 7. The van der Waals surface area contributed by atoms with E-state index in [1.165, 1.54) is 18.4 Å². The van der Waals surface area contributed by atoms with Crippen molar-refractivity contribution in [3.05, 3.63) is 35.9 Å². The van der Waals surface area contributed by atoms with Crippen LogP contribution in [0.15, 0.2) is 30.3 Å². The number of hydrogen-bond acceptors (Lipinski definition) is 3. The van der Waals surface area contributed by atoms with Crippen LogP contribution in [-0.2, 0) is 16.1 Å². The maximum Gasteiger partial charge on any atom is 0.236 e. The Labute approximate surface area is 150 Å². The van der Waals surface area contributed by atoms with Crippen molar-refractivity contribution in [2.45, 2.75) is 45.2 Å². The summed E-state index contributed by atoms with van der Waals surface area (Å²) in [6, 6.07) is 10.8. The molecule has 0 aromatic heterocycles. The fourth-order valence-corrected chi connectivity index (χ4v) is 3.73. The fourth-order valence-electron chi connectivity index (χ4n) is 3.73. The van der Waals surface area contributed by atoms with E-state index in [2.05, 4.69) is 24.0 Å². The molecule has 2 N–H and O–H groups in total. The molecule has 1 atom stereocenters. The van der Waals surface area contributed by atoms with Crippen molar-refractivity contribution in [3.63, 3.8) is 0 Å². The lowest BCUT2D eigenvalue weighted by molar-refractivity contribution is -0.136. The number of nitrogens with zero attached hydrogens (tertiary/aromatic N) is 2. The summed E-state index contributed by atoms with van der Waals surface area (Å²) in [5, 5.41) is 0. The first-order valence-corrected chi connectivity index (χ1v) is 9.39. The number of hydrogen-bond donors (Lipinski definition) is 1. The minimum Gasteiger partial charge on any atom is -0.369 e. The molecule has 1 heterocycles. The van der Waals surface area contributed by atoms with Crippen LogP contribution in [0.3, 0.4) is 0 Å². The lowest BCUT2D eigenvalue weighted by Gasteiger charge is -2.34. The Morgan fingerprint density at radius 3 is 2.36 bits per heavy atom. The van der Waals surface area contributed by atoms with Crippen molar-refractivity contribution in [2.24, 2.45) is 17.6 Å². The summed E-state index contributed by atoms with van der Waals surface area (Å²) in [4.78, 5) is 28.3. The lowest BCUT2D eigenvalue weighted by Crippen LogP contribution is -2.47. The standard InChI is InChI=1S/C20H29N3O2/c1-15(17-7-8-17)23(13-16-5-3-2-4-6-16)14-19(24)22-11-9-18(10-12-22)20(21)25/h2-6,15,17-18H,7-14H2,1H3,(H2,21,25). The topological polar surface area (TPSA) is 66.6 Å². The van der Waals surface area contributed by atoms with Crippen LogP contribution >= 0.6 is 0 Å². The second kappa shape index (κ2) is 8.00. The van der Waals surface area contributed by atoms with Gasteiger partial charge in [-0.3, -0.25) is 14.5 Å². The predicted molar refractivity (Wildman–Crippen MR) is 97.5 cm³/mol. The number of primary amides is 1. The summed E-state index contributed by atoms with van der Waals surface area (Å²) in [7, 11) is 0. The number of piperidine rings is 1. The monoisotopic (exact) mass is 343 g/mol. The molecule has 1 unspecified atom stereocenters. The fraction of sp³-hybridized carbons (Fsp3) is 0.600. The molecule has 2 aliphatic rings. The smallest absolute Gasteiger partial charge is 0.236 e. The Hall–Kier alpha value is -1.88. The maximum atomic E-state index is 12.8. The third-order valence-electron chi connectivity index (χ3n) is 5.70. The van der Waals surface area contributed by atoms with Crippen molar-refractivity contribution in [3.8, 4) is 0 Å². The van der Waals surface area contributed by atoms with Gasteiger partial charge < -0.3 is 10.6 Å². The Bertz CT molecular complexity index is 592. The van der Waals surface area contributed by atoms with Crippen LogP contribution in [0.25, 0.3) is 0 Å². The normalized spacial score (nSPS) is 19.8. The number of likely N-dealkylation sites (tertiary alicyclic amines) is 1. The summed E-state index contributed by atoms with van der Waals surface area (Å²) < 4.78 is 0. The molecule has 5 nitrogen and oxygen atoms in total. The van der Waals surface area contributed by atoms with Crippen LogP contribution in [0.2, 0.25) is 0 Å². The van der Waals surface area contributed by atoms with Gasteiger partial charge in [0.05, 0.1) is 6.54 Å². The second-order valence-electron chi connectivity index (χ2n) is 7.53. The molecule has 1 aromatic rings. The Morgan fingerprint density at radius 2 is 1.80 bits per heavy atom.